The fourth-order valence-corrected chi connectivity index (χ4v) is 8.45. The van der Waals surface area contributed by atoms with Gasteiger partial charge < -0.3 is 20.3 Å². The summed E-state index contributed by atoms with van der Waals surface area (Å²) in [6.45, 7) is 4.86. The molecule has 0 rings (SSSR count). The van der Waals surface area contributed by atoms with E-state index in [0.717, 1.165) is 57.8 Å². The highest BCUT2D eigenvalue weighted by atomic mass is 16.5. The molecular weight excluding hydrogens is 767 g/mol. The van der Waals surface area contributed by atoms with Gasteiger partial charge in [-0.3, -0.25) is 9.59 Å². The monoisotopic (exact) mass is 874 g/mol. The van der Waals surface area contributed by atoms with E-state index in [2.05, 4.69) is 31.3 Å². The van der Waals surface area contributed by atoms with Crippen LogP contribution in [0.1, 0.15) is 296 Å². The summed E-state index contributed by atoms with van der Waals surface area (Å²) >= 11 is 0. The number of carbonyl (C=O) groups is 2. The van der Waals surface area contributed by atoms with Gasteiger partial charge in [0.15, 0.2) is 0 Å². The lowest BCUT2D eigenvalue weighted by Crippen LogP contribution is -2.45. The summed E-state index contributed by atoms with van der Waals surface area (Å²) in [5.41, 5.74) is 0. The zero-order valence-electron chi connectivity index (χ0n) is 41.6. The van der Waals surface area contributed by atoms with Crippen molar-refractivity contribution in [2.24, 2.45) is 0 Å². The van der Waals surface area contributed by atoms with Crippen LogP contribution in [0, 0.1) is 0 Å². The van der Waals surface area contributed by atoms with Crippen LogP contribution in [0.2, 0.25) is 0 Å². The number of carbonyl (C=O) groups excluding carboxylic acids is 2. The number of esters is 1. The number of hydrogen-bond acceptors (Lipinski definition) is 5. The number of aliphatic hydroxyl groups excluding tert-OH is 2. The number of hydrogen-bond donors (Lipinski definition) is 3. The Hall–Kier alpha value is -1.66. The summed E-state index contributed by atoms with van der Waals surface area (Å²) in [5, 5.41) is 22.9. The predicted molar refractivity (Wildman–Crippen MR) is 269 cm³/mol. The molecule has 0 heterocycles. The van der Waals surface area contributed by atoms with E-state index in [1.807, 2.05) is 6.08 Å². The summed E-state index contributed by atoms with van der Waals surface area (Å²) in [6, 6.07) is -0.634. The molecule has 0 fully saturated rings. The third kappa shape index (κ3) is 47.8. The van der Waals surface area contributed by atoms with Crippen molar-refractivity contribution in [2.45, 2.75) is 309 Å². The standard InChI is InChI=1S/C56H107NO5/c1-3-5-7-9-11-13-14-15-16-17-18-21-24-27-30-34-38-42-46-50-56(61)62-51-47-43-39-35-31-28-25-22-19-20-23-26-29-33-37-41-45-49-55(60)57-53(52-58)54(59)48-44-40-36-32-12-10-8-6-4-2/h19,22,44,48,53-54,58-59H,3-18,20-21,23-43,45-47,49-52H2,1-2H3,(H,57,60)/b22-19-,48-44+. The van der Waals surface area contributed by atoms with Crippen LogP contribution in [0.3, 0.4) is 0 Å². The second-order valence-electron chi connectivity index (χ2n) is 18.9. The topological polar surface area (TPSA) is 95.9 Å². The number of allylic oxidation sites excluding steroid dienone is 3. The molecule has 0 radical (unpaired) electrons. The van der Waals surface area contributed by atoms with Crippen LogP contribution < -0.4 is 5.32 Å². The molecule has 6 heteroatoms. The van der Waals surface area contributed by atoms with Gasteiger partial charge in [-0.1, -0.05) is 250 Å². The summed E-state index contributed by atoms with van der Waals surface area (Å²) in [7, 11) is 0. The first-order valence-corrected chi connectivity index (χ1v) is 27.6. The SMILES string of the molecule is CCCCCCCCC/C=C/C(O)C(CO)NC(=O)CCCCCCCCC/C=C\CCCCCCCCOC(=O)CCCCCCCCCCCCCCCCCCCCC. The summed E-state index contributed by atoms with van der Waals surface area (Å²) in [5.74, 6) is -0.0810. The quantitative estimate of drug-likeness (QED) is 0.0321. The van der Waals surface area contributed by atoms with Crippen LogP contribution in [0.4, 0.5) is 0 Å². The van der Waals surface area contributed by atoms with Gasteiger partial charge in [0.1, 0.15) is 0 Å². The Morgan fingerprint density at radius 1 is 0.435 bits per heavy atom. The van der Waals surface area contributed by atoms with Gasteiger partial charge in [0.2, 0.25) is 5.91 Å². The Morgan fingerprint density at radius 2 is 0.758 bits per heavy atom. The van der Waals surface area contributed by atoms with Gasteiger partial charge in [-0.15, -0.1) is 0 Å². The average molecular weight is 874 g/mol. The van der Waals surface area contributed by atoms with E-state index < -0.39 is 12.1 Å². The molecule has 0 aliphatic rings. The van der Waals surface area contributed by atoms with Crippen LogP contribution in [0.5, 0.6) is 0 Å². The van der Waals surface area contributed by atoms with Crippen molar-refractivity contribution in [3.8, 4) is 0 Å². The first kappa shape index (κ1) is 60.3. The molecule has 6 nitrogen and oxygen atoms in total. The van der Waals surface area contributed by atoms with Crippen LogP contribution >= 0.6 is 0 Å². The smallest absolute Gasteiger partial charge is 0.305 e. The molecule has 0 saturated heterocycles. The van der Waals surface area contributed by atoms with E-state index >= 15 is 0 Å². The maximum Gasteiger partial charge on any atom is 0.305 e. The molecule has 0 aromatic carbocycles. The Morgan fingerprint density at radius 3 is 1.15 bits per heavy atom. The lowest BCUT2D eigenvalue weighted by atomic mass is 10.0. The third-order valence-corrected chi connectivity index (χ3v) is 12.7. The van der Waals surface area contributed by atoms with E-state index in [9.17, 15) is 19.8 Å². The maximum absolute atomic E-state index is 12.4. The molecule has 0 aliphatic carbocycles. The summed E-state index contributed by atoms with van der Waals surface area (Å²) < 4.78 is 5.48. The van der Waals surface area contributed by atoms with Gasteiger partial charge >= 0.3 is 5.97 Å². The Labute approximate surface area is 386 Å². The highest BCUT2D eigenvalue weighted by molar-refractivity contribution is 5.76. The Kier molecular flexibility index (Phi) is 50.6. The van der Waals surface area contributed by atoms with Crippen molar-refractivity contribution in [2.75, 3.05) is 13.2 Å². The van der Waals surface area contributed by atoms with Crippen molar-refractivity contribution in [1.82, 2.24) is 5.32 Å². The Bertz CT molecular complexity index is 966. The largest absolute Gasteiger partial charge is 0.466 e. The highest BCUT2D eigenvalue weighted by Gasteiger charge is 2.18. The molecule has 366 valence electrons. The molecular formula is C56H107NO5. The molecule has 3 N–H and O–H groups in total. The molecule has 2 unspecified atom stereocenters. The minimum absolute atomic E-state index is 0.00158. The van der Waals surface area contributed by atoms with Crippen molar-refractivity contribution in [1.29, 1.82) is 0 Å². The molecule has 0 saturated carbocycles. The second-order valence-corrected chi connectivity index (χ2v) is 18.9. The van der Waals surface area contributed by atoms with Crippen LogP contribution in [0.15, 0.2) is 24.3 Å². The molecule has 0 spiro atoms. The van der Waals surface area contributed by atoms with Crippen LogP contribution in [0.25, 0.3) is 0 Å². The molecule has 0 aliphatic heterocycles. The first-order chi connectivity index (χ1) is 30.5. The maximum atomic E-state index is 12.4. The van der Waals surface area contributed by atoms with Crippen molar-refractivity contribution >= 4 is 11.9 Å². The molecule has 2 atom stereocenters. The highest BCUT2D eigenvalue weighted by Crippen LogP contribution is 2.16. The molecule has 0 aromatic rings. The summed E-state index contributed by atoms with van der Waals surface area (Å²) in [6.07, 6.45) is 62.0. The van der Waals surface area contributed by atoms with E-state index in [0.29, 0.717) is 19.4 Å². The van der Waals surface area contributed by atoms with Gasteiger partial charge in [-0.25, -0.2) is 0 Å². The Balaban J connectivity index is 3.41. The van der Waals surface area contributed by atoms with E-state index in [4.69, 9.17) is 4.74 Å². The number of unbranched alkanes of at least 4 members (excludes halogenated alkanes) is 38. The van der Waals surface area contributed by atoms with Crippen LogP contribution in [-0.4, -0.2) is 47.4 Å². The lowest BCUT2D eigenvalue weighted by molar-refractivity contribution is -0.143. The van der Waals surface area contributed by atoms with Gasteiger partial charge in [0.05, 0.1) is 25.4 Å². The molecule has 1 amide bonds. The van der Waals surface area contributed by atoms with Gasteiger partial charge in [-0.2, -0.15) is 0 Å². The number of ether oxygens (including phenoxy) is 1. The van der Waals surface area contributed by atoms with E-state index in [-0.39, 0.29) is 18.5 Å². The predicted octanol–water partition coefficient (Wildman–Crippen LogP) is 16.7. The average Bonchev–Trinajstić information content (AvgIpc) is 3.27. The van der Waals surface area contributed by atoms with Crippen molar-refractivity contribution in [3.05, 3.63) is 24.3 Å². The fraction of sp³-hybridized carbons (Fsp3) is 0.893. The molecule has 62 heavy (non-hydrogen) atoms. The van der Waals surface area contributed by atoms with E-state index in [1.165, 1.54) is 212 Å². The van der Waals surface area contributed by atoms with E-state index in [1.54, 1.807) is 6.08 Å². The molecule has 0 aromatic heterocycles. The van der Waals surface area contributed by atoms with Gasteiger partial charge in [0, 0.05) is 12.8 Å². The van der Waals surface area contributed by atoms with Gasteiger partial charge in [0.25, 0.3) is 0 Å². The number of rotatable bonds is 51. The minimum Gasteiger partial charge on any atom is -0.466 e. The van der Waals surface area contributed by atoms with Gasteiger partial charge in [-0.05, 0) is 57.8 Å². The number of aliphatic hydroxyl groups is 2. The fourth-order valence-electron chi connectivity index (χ4n) is 8.45. The number of nitrogens with one attached hydrogen (secondary N) is 1. The minimum atomic E-state index is -0.849. The first-order valence-electron chi connectivity index (χ1n) is 27.6. The zero-order chi connectivity index (χ0) is 45.1. The number of amides is 1. The third-order valence-electron chi connectivity index (χ3n) is 12.7. The molecule has 0 bridgehead atoms. The lowest BCUT2D eigenvalue weighted by Gasteiger charge is -2.20. The van der Waals surface area contributed by atoms with Crippen LogP contribution in [-0.2, 0) is 14.3 Å². The second kappa shape index (κ2) is 52.0. The van der Waals surface area contributed by atoms with Crippen molar-refractivity contribution < 1.29 is 24.5 Å². The zero-order valence-corrected chi connectivity index (χ0v) is 41.6. The normalized spacial score (nSPS) is 12.8. The van der Waals surface area contributed by atoms with Crippen molar-refractivity contribution in [3.63, 3.8) is 0 Å². The summed E-state index contributed by atoms with van der Waals surface area (Å²) in [4.78, 5) is 24.4.